The molecule has 4 aromatic rings. The quantitative estimate of drug-likeness (QED) is 0.303. The van der Waals surface area contributed by atoms with Crippen molar-refractivity contribution in [1.82, 2.24) is 0 Å². The minimum Gasteiger partial charge on any atom is -0.478 e. The average Bonchev–Trinajstić information content (AvgIpc) is 2.99. The number of furan rings is 1. The van der Waals surface area contributed by atoms with Crippen molar-refractivity contribution in [2.75, 3.05) is 0 Å². The Bertz CT molecular complexity index is 996. The Morgan fingerprint density at radius 2 is 1.52 bits per heavy atom. The normalized spacial score (nSPS) is 10.5. The van der Waals surface area contributed by atoms with Crippen molar-refractivity contribution < 1.29 is 18.9 Å². The van der Waals surface area contributed by atoms with E-state index in [1.807, 2.05) is 73.1 Å². The van der Waals surface area contributed by atoms with Crippen LogP contribution < -0.4 is 4.57 Å². The van der Waals surface area contributed by atoms with Crippen LogP contribution in [0.4, 0.5) is 0 Å². The topological polar surface area (TPSA) is 54.3 Å². The minimum absolute atomic E-state index is 0.374. The number of nitrogens with zero attached hydrogens (tertiary/aromatic N) is 1. The third-order valence-corrected chi connectivity index (χ3v) is 4.58. The van der Waals surface area contributed by atoms with Gasteiger partial charge in [-0.2, -0.15) is 4.57 Å². The summed E-state index contributed by atoms with van der Waals surface area (Å²) in [6.45, 7) is 1.88. The van der Waals surface area contributed by atoms with Crippen LogP contribution in [0.2, 0.25) is 0 Å². The molecule has 1 N–H and O–H groups in total. The number of carboxylic acids is 1. The van der Waals surface area contributed by atoms with Gasteiger partial charge in [-0.05, 0) is 25.1 Å². The highest BCUT2D eigenvalue weighted by Crippen LogP contribution is 2.24. The number of aromatic nitrogens is 1. The number of benzene rings is 2. The lowest BCUT2D eigenvalue weighted by Gasteiger charge is -2.06. The highest BCUT2D eigenvalue weighted by molar-refractivity contribution is 7.80. The van der Waals surface area contributed by atoms with Gasteiger partial charge in [0.15, 0.2) is 0 Å². The molecule has 4 nitrogen and oxygen atoms in total. The summed E-state index contributed by atoms with van der Waals surface area (Å²) in [6, 6.07) is 17.0. The second-order valence-corrected chi connectivity index (χ2v) is 6.12. The molecule has 0 saturated carbocycles. The molecule has 0 saturated heterocycles. The molecular formula is C20H18NO3S+. The van der Waals surface area contributed by atoms with E-state index in [9.17, 15) is 9.90 Å². The SMILES string of the molecule is C[n+]1c2ccccc2c(C(=O)O)c2ccccc21.Cc1occc1S. The number of rotatable bonds is 1. The number of thiol groups is 1. The van der Waals surface area contributed by atoms with Gasteiger partial charge in [-0.25, -0.2) is 4.79 Å². The van der Waals surface area contributed by atoms with Gasteiger partial charge in [0.1, 0.15) is 12.8 Å². The maximum atomic E-state index is 11.5. The van der Waals surface area contributed by atoms with Crippen molar-refractivity contribution in [3.05, 3.63) is 72.2 Å². The van der Waals surface area contributed by atoms with E-state index in [1.54, 1.807) is 6.26 Å². The van der Waals surface area contributed by atoms with Crippen LogP contribution in [0.15, 0.2) is 70.2 Å². The van der Waals surface area contributed by atoms with Gasteiger partial charge in [0.05, 0.1) is 22.6 Å². The summed E-state index contributed by atoms with van der Waals surface area (Å²) in [5, 5.41) is 11.0. The average molecular weight is 352 g/mol. The minimum atomic E-state index is -0.886. The van der Waals surface area contributed by atoms with E-state index in [1.165, 1.54) is 0 Å². The van der Waals surface area contributed by atoms with Crippen molar-refractivity contribution in [3.63, 3.8) is 0 Å². The van der Waals surface area contributed by atoms with Crippen LogP contribution in [-0.2, 0) is 7.05 Å². The standard InChI is InChI=1S/C15H11NO2.C5H6OS/c1-16-12-8-4-2-6-10(12)14(15(17)18)11-7-3-5-9-13(11)16;1-4-5(7)2-3-6-4/h2-9H,1H3;2-3,7H,1H3/p+1. The lowest BCUT2D eigenvalue weighted by Crippen LogP contribution is -2.31. The van der Waals surface area contributed by atoms with E-state index in [0.717, 1.165) is 32.5 Å². The molecule has 0 amide bonds. The first-order valence-corrected chi connectivity index (χ1v) is 8.21. The third-order valence-electron chi connectivity index (χ3n) is 4.11. The molecule has 2 aromatic heterocycles. The lowest BCUT2D eigenvalue weighted by atomic mass is 10.0. The zero-order chi connectivity index (χ0) is 18.0. The van der Waals surface area contributed by atoms with E-state index in [2.05, 4.69) is 12.6 Å². The zero-order valence-corrected chi connectivity index (χ0v) is 14.8. The summed E-state index contributed by atoms with van der Waals surface area (Å²) in [4.78, 5) is 12.4. The number of para-hydroxylation sites is 2. The summed E-state index contributed by atoms with van der Waals surface area (Å²) >= 11 is 4.06. The van der Waals surface area contributed by atoms with Crippen LogP contribution >= 0.6 is 12.6 Å². The van der Waals surface area contributed by atoms with Crippen molar-refractivity contribution in [2.45, 2.75) is 11.8 Å². The fourth-order valence-electron chi connectivity index (χ4n) is 2.84. The van der Waals surface area contributed by atoms with Gasteiger partial charge in [-0.3, -0.25) is 0 Å². The van der Waals surface area contributed by atoms with Crippen LogP contribution in [0.5, 0.6) is 0 Å². The first kappa shape index (κ1) is 17.0. The van der Waals surface area contributed by atoms with Crippen molar-refractivity contribution in [1.29, 1.82) is 0 Å². The maximum Gasteiger partial charge on any atom is 0.337 e. The maximum absolute atomic E-state index is 11.5. The molecule has 126 valence electrons. The van der Waals surface area contributed by atoms with E-state index >= 15 is 0 Å². The Morgan fingerprint density at radius 1 is 1.00 bits per heavy atom. The number of aromatic carboxylic acids is 1. The number of hydrogen-bond donors (Lipinski definition) is 2. The Balaban J connectivity index is 0.000000219. The molecule has 0 fully saturated rings. The monoisotopic (exact) mass is 352 g/mol. The fourth-order valence-corrected chi connectivity index (χ4v) is 2.95. The smallest absolute Gasteiger partial charge is 0.337 e. The number of fused-ring (bicyclic) bond motifs is 2. The highest BCUT2D eigenvalue weighted by Gasteiger charge is 2.20. The molecule has 25 heavy (non-hydrogen) atoms. The van der Waals surface area contributed by atoms with Crippen molar-refractivity contribution >= 4 is 40.4 Å². The van der Waals surface area contributed by atoms with Gasteiger partial charge in [0, 0.05) is 17.0 Å². The summed E-state index contributed by atoms with van der Waals surface area (Å²) in [5.74, 6) is -0.00802. The number of carboxylic acid groups (broad SMARTS) is 1. The second-order valence-electron chi connectivity index (χ2n) is 5.64. The van der Waals surface area contributed by atoms with Crippen LogP contribution in [0.1, 0.15) is 16.1 Å². The van der Waals surface area contributed by atoms with Gasteiger partial charge in [0.2, 0.25) is 11.0 Å². The molecule has 0 aliphatic carbocycles. The van der Waals surface area contributed by atoms with Gasteiger partial charge < -0.3 is 9.52 Å². The van der Waals surface area contributed by atoms with E-state index in [0.29, 0.717) is 5.56 Å². The second kappa shape index (κ2) is 6.99. The van der Waals surface area contributed by atoms with Gasteiger partial charge in [0.25, 0.3) is 0 Å². The fraction of sp³-hybridized carbons (Fsp3) is 0.100. The predicted molar refractivity (Wildman–Crippen MR) is 100 cm³/mol. The molecule has 2 aromatic carbocycles. The summed E-state index contributed by atoms with van der Waals surface area (Å²) in [7, 11) is 1.95. The number of hydrogen-bond acceptors (Lipinski definition) is 3. The summed E-state index contributed by atoms with van der Waals surface area (Å²) < 4.78 is 6.91. The Labute approximate surface area is 150 Å². The Morgan fingerprint density at radius 3 is 1.88 bits per heavy atom. The van der Waals surface area contributed by atoms with Gasteiger partial charge in [-0.1, -0.05) is 24.3 Å². The predicted octanol–water partition coefficient (Wildman–Crippen LogP) is 4.39. The number of pyridine rings is 1. The summed E-state index contributed by atoms with van der Waals surface area (Å²) in [5.41, 5.74) is 2.22. The third kappa shape index (κ3) is 3.23. The number of carbonyl (C=O) groups is 1. The Kier molecular flexibility index (Phi) is 4.76. The van der Waals surface area contributed by atoms with Crippen LogP contribution in [0, 0.1) is 6.92 Å². The van der Waals surface area contributed by atoms with Crippen molar-refractivity contribution in [3.8, 4) is 0 Å². The molecule has 0 radical (unpaired) electrons. The van der Waals surface area contributed by atoms with E-state index in [4.69, 9.17) is 4.42 Å². The molecule has 0 aliphatic heterocycles. The Hall–Kier alpha value is -2.79. The molecular weight excluding hydrogens is 334 g/mol. The molecule has 0 unspecified atom stereocenters. The first-order chi connectivity index (χ1) is 12.0. The van der Waals surface area contributed by atoms with Crippen LogP contribution in [-0.4, -0.2) is 11.1 Å². The van der Waals surface area contributed by atoms with E-state index in [-0.39, 0.29) is 0 Å². The molecule has 4 rings (SSSR count). The largest absolute Gasteiger partial charge is 0.478 e. The van der Waals surface area contributed by atoms with Gasteiger partial charge in [-0.15, -0.1) is 12.6 Å². The van der Waals surface area contributed by atoms with E-state index < -0.39 is 5.97 Å². The zero-order valence-electron chi connectivity index (χ0n) is 13.9. The van der Waals surface area contributed by atoms with Gasteiger partial charge >= 0.3 is 5.97 Å². The molecule has 0 bridgehead atoms. The molecule has 0 aliphatic rings. The van der Waals surface area contributed by atoms with Crippen molar-refractivity contribution in [2.24, 2.45) is 7.05 Å². The molecule has 0 atom stereocenters. The van der Waals surface area contributed by atoms with Crippen LogP contribution in [0.3, 0.4) is 0 Å². The molecule has 5 heteroatoms. The number of aryl methyl sites for hydroxylation is 2. The van der Waals surface area contributed by atoms with Crippen LogP contribution in [0.25, 0.3) is 21.8 Å². The lowest BCUT2D eigenvalue weighted by molar-refractivity contribution is -0.617. The molecule has 0 spiro atoms. The summed E-state index contributed by atoms with van der Waals surface area (Å²) in [6.07, 6.45) is 1.62. The molecule has 2 heterocycles. The highest BCUT2D eigenvalue weighted by atomic mass is 32.1. The first-order valence-electron chi connectivity index (χ1n) is 7.76.